The molecule has 0 aliphatic carbocycles. The predicted molar refractivity (Wildman–Crippen MR) is 108 cm³/mol. The molecule has 0 unspecified atom stereocenters. The van der Waals surface area contributed by atoms with Gasteiger partial charge in [0.25, 0.3) is 0 Å². The third-order valence-electron chi connectivity index (χ3n) is 3.98. The van der Waals surface area contributed by atoms with E-state index in [-0.39, 0.29) is 0 Å². The Morgan fingerprint density at radius 3 is 2.69 bits per heavy atom. The minimum Gasteiger partial charge on any atom is -0.493 e. The Labute approximate surface area is 162 Å². The first kappa shape index (κ1) is 18.7. The number of methoxy groups -OCH3 is 2. The van der Waals surface area contributed by atoms with Gasteiger partial charge in [-0.15, -0.1) is 11.3 Å². The van der Waals surface area contributed by atoms with E-state index >= 15 is 0 Å². The zero-order valence-electron chi connectivity index (χ0n) is 14.8. The maximum atomic E-state index is 6.01. The number of nitrogens with one attached hydrogen (secondary N) is 1. The van der Waals surface area contributed by atoms with Crippen molar-refractivity contribution in [1.82, 2.24) is 10.3 Å². The van der Waals surface area contributed by atoms with Crippen molar-refractivity contribution >= 4 is 22.9 Å². The second-order valence-electron chi connectivity index (χ2n) is 5.74. The number of thiazole rings is 1. The van der Waals surface area contributed by atoms with Gasteiger partial charge in [-0.05, 0) is 54.4 Å². The maximum Gasteiger partial charge on any atom is 0.161 e. The van der Waals surface area contributed by atoms with Crippen LogP contribution in [0.25, 0.3) is 10.4 Å². The van der Waals surface area contributed by atoms with Crippen molar-refractivity contribution in [3.8, 4) is 21.9 Å². The molecule has 0 amide bonds. The van der Waals surface area contributed by atoms with Crippen molar-refractivity contribution < 1.29 is 9.47 Å². The lowest BCUT2D eigenvalue weighted by atomic mass is 10.1. The molecule has 0 radical (unpaired) electrons. The Balaban J connectivity index is 1.56. The lowest BCUT2D eigenvalue weighted by Crippen LogP contribution is -2.16. The molecule has 1 heterocycles. The SMILES string of the molecule is COc1ccc(-c2cnc(CNCCc3cccc(Cl)c3)s2)cc1OC. The standard InChI is InChI=1S/C20H21ClN2O2S/c1-24-17-7-6-15(11-18(17)25-2)19-12-23-20(26-19)13-22-9-8-14-4-3-5-16(21)10-14/h3-7,10-12,22H,8-9,13H2,1-2H3. The predicted octanol–water partition coefficient (Wildman–Crippen LogP) is 4.81. The van der Waals surface area contributed by atoms with Crippen LogP contribution in [-0.2, 0) is 13.0 Å². The number of halogens is 1. The van der Waals surface area contributed by atoms with Gasteiger partial charge in [0.2, 0.25) is 0 Å². The van der Waals surface area contributed by atoms with Gasteiger partial charge in [-0.3, -0.25) is 0 Å². The summed E-state index contributed by atoms with van der Waals surface area (Å²) in [5.74, 6) is 1.45. The highest BCUT2D eigenvalue weighted by Crippen LogP contribution is 2.34. The summed E-state index contributed by atoms with van der Waals surface area (Å²) in [7, 11) is 3.28. The van der Waals surface area contributed by atoms with Gasteiger partial charge in [-0.25, -0.2) is 4.98 Å². The molecule has 3 rings (SSSR count). The summed E-state index contributed by atoms with van der Waals surface area (Å²) in [6, 6.07) is 13.9. The highest BCUT2D eigenvalue weighted by Gasteiger charge is 2.09. The number of ether oxygens (including phenoxy) is 2. The lowest BCUT2D eigenvalue weighted by molar-refractivity contribution is 0.355. The number of nitrogens with zero attached hydrogens (tertiary/aromatic N) is 1. The van der Waals surface area contributed by atoms with Crippen molar-refractivity contribution in [3.63, 3.8) is 0 Å². The molecule has 6 heteroatoms. The largest absolute Gasteiger partial charge is 0.493 e. The molecule has 1 aromatic heterocycles. The minimum absolute atomic E-state index is 0.722. The normalized spacial score (nSPS) is 10.7. The Kier molecular flexibility index (Phi) is 6.50. The summed E-state index contributed by atoms with van der Waals surface area (Å²) >= 11 is 7.69. The van der Waals surface area contributed by atoms with E-state index in [4.69, 9.17) is 21.1 Å². The van der Waals surface area contributed by atoms with E-state index in [1.165, 1.54) is 5.56 Å². The van der Waals surface area contributed by atoms with E-state index < -0.39 is 0 Å². The fourth-order valence-corrected chi connectivity index (χ4v) is 3.73. The maximum absolute atomic E-state index is 6.01. The van der Waals surface area contributed by atoms with Crippen LogP contribution >= 0.6 is 22.9 Å². The summed E-state index contributed by atoms with van der Waals surface area (Å²) in [5, 5.41) is 5.27. The van der Waals surface area contributed by atoms with Crippen molar-refractivity contribution in [2.24, 2.45) is 0 Å². The third-order valence-corrected chi connectivity index (χ3v) is 5.26. The van der Waals surface area contributed by atoms with Crippen LogP contribution in [0.2, 0.25) is 5.02 Å². The molecule has 0 atom stereocenters. The molecule has 0 aliphatic heterocycles. The molecule has 0 saturated heterocycles. The molecule has 3 aromatic rings. The van der Waals surface area contributed by atoms with Gasteiger partial charge in [0, 0.05) is 17.8 Å². The Morgan fingerprint density at radius 2 is 1.92 bits per heavy atom. The topological polar surface area (TPSA) is 43.4 Å². The molecule has 0 fully saturated rings. The van der Waals surface area contributed by atoms with Gasteiger partial charge < -0.3 is 14.8 Å². The zero-order valence-corrected chi connectivity index (χ0v) is 16.4. The van der Waals surface area contributed by atoms with Crippen molar-refractivity contribution in [1.29, 1.82) is 0 Å². The van der Waals surface area contributed by atoms with E-state index in [1.54, 1.807) is 25.6 Å². The summed E-state index contributed by atoms with van der Waals surface area (Å²) in [5.41, 5.74) is 2.31. The van der Waals surface area contributed by atoms with Gasteiger partial charge in [0.15, 0.2) is 11.5 Å². The summed E-state index contributed by atoms with van der Waals surface area (Å²) in [4.78, 5) is 5.62. The molecule has 0 spiro atoms. The Morgan fingerprint density at radius 1 is 1.08 bits per heavy atom. The van der Waals surface area contributed by atoms with Crippen molar-refractivity contribution in [2.45, 2.75) is 13.0 Å². The van der Waals surface area contributed by atoms with E-state index in [2.05, 4.69) is 16.4 Å². The van der Waals surface area contributed by atoms with Crippen LogP contribution in [0.15, 0.2) is 48.7 Å². The lowest BCUT2D eigenvalue weighted by Gasteiger charge is -2.08. The van der Waals surface area contributed by atoms with Crippen LogP contribution in [0.3, 0.4) is 0 Å². The van der Waals surface area contributed by atoms with Gasteiger partial charge >= 0.3 is 0 Å². The van der Waals surface area contributed by atoms with Gasteiger partial charge in [0.05, 0.1) is 19.1 Å². The number of hydrogen-bond acceptors (Lipinski definition) is 5. The molecule has 1 N–H and O–H groups in total. The monoisotopic (exact) mass is 388 g/mol. The molecule has 26 heavy (non-hydrogen) atoms. The molecule has 0 aliphatic rings. The fraction of sp³-hybridized carbons (Fsp3) is 0.250. The van der Waals surface area contributed by atoms with Gasteiger partial charge in [-0.1, -0.05) is 23.7 Å². The molecule has 2 aromatic carbocycles. The van der Waals surface area contributed by atoms with Crippen LogP contribution in [0.1, 0.15) is 10.6 Å². The average molecular weight is 389 g/mol. The number of rotatable bonds is 8. The molecule has 0 bridgehead atoms. The first-order valence-corrected chi connectivity index (χ1v) is 9.51. The zero-order chi connectivity index (χ0) is 18.4. The second kappa shape index (κ2) is 9.03. The minimum atomic E-state index is 0.722. The summed E-state index contributed by atoms with van der Waals surface area (Å²) < 4.78 is 10.7. The van der Waals surface area contributed by atoms with Crippen LogP contribution in [0.4, 0.5) is 0 Å². The molecular formula is C20H21ClN2O2S. The first-order valence-electron chi connectivity index (χ1n) is 8.32. The summed E-state index contributed by atoms with van der Waals surface area (Å²) in [6.45, 7) is 1.63. The van der Waals surface area contributed by atoms with Crippen LogP contribution in [0.5, 0.6) is 11.5 Å². The summed E-state index contributed by atoms with van der Waals surface area (Å²) in [6.07, 6.45) is 2.84. The molecule has 0 saturated carbocycles. The third kappa shape index (κ3) is 4.75. The van der Waals surface area contributed by atoms with Gasteiger partial charge in [0.1, 0.15) is 5.01 Å². The van der Waals surface area contributed by atoms with Crippen molar-refractivity contribution in [2.75, 3.05) is 20.8 Å². The Bertz CT molecular complexity index is 867. The number of benzene rings is 2. The van der Waals surface area contributed by atoms with Crippen LogP contribution in [0, 0.1) is 0 Å². The number of hydrogen-bond donors (Lipinski definition) is 1. The fourth-order valence-electron chi connectivity index (χ4n) is 2.64. The average Bonchev–Trinajstić information content (AvgIpc) is 3.13. The van der Waals surface area contributed by atoms with E-state index in [1.807, 2.05) is 42.6 Å². The highest BCUT2D eigenvalue weighted by molar-refractivity contribution is 7.15. The van der Waals surface area contributed by atoms with E-state index in [9.17, 15) is 0 Å². The van der Waals surface area contributed by atoms with E-state index in [0.717, 1.165) is 51.5 Å². The Hall–Kier alpha value is -2.08. The van der Waals surface area contributed by atoms with E-state index in [0.29, 0.717) is 0 Å². The highest BCUT2D eigenvalue weighted by atomic mass is 35.5. The van der Waals surface area contributed by atoms with Crippen LogP contribution < -0.4 is 14.8 Å². The van der Waals surface area contributed by atoms with Crippen molar-refractivity contribution in [3.05, 3.63) is 64.3 Å². The van der Waals surface area contributed by atoms with Crippen LogP contribution in [-0.4, -0.2) is 25.7 Å². The second-order valence-corrected chi connectivity index (χ2v) is 7.30. The molecular weight excluding hydrogens is 368 g/mol. The smallest absolute Gasteiger partial charge is 0.161 e. The first-order chi connectivity index (χ1) is 12.7. The van der Waals surface area contributed by atoms with Gasteiger partial charge in [-0.2, -0.15) is 0 Å². The quantitative estimate of drug-likeness (QED) is 0.562. The molecule has 136 valence electrons. The number of aromatic nitrogens is 1. The molecule has 4 nitrogen and oxygen atoms in total.